The maximum atomic E-state index is 13.1. The smallest absolute Gasteiger partial charge is 0.124 e. The Kier molecular flexibility index (Phi) is 6.04. The summed E-state index contributed by atoms with van der Waals surface area (Å²) in [5.41, 5.74) is 6.32. The molecule has 0 aliphatic carbocycles. The van der Waals surface area contributed by atoms with Gasteiger partial charge in [-0.15, -0.1) is 0 Å². The number of aliphatic hydroxyl groups is 1. The normalized spacial score (nSPS) is 14.3. The van der Waals surface area contributed by atoms with E-state index in [1.807, 2.05) is 6.92 Å². The van der Waals surface area contributed by atoms with Gasteiger partial charge in [0.15, 0.2) is 0 Å². The van der Waals surface area contributed by atoms with Crippen molar-refractivity contribution in [2.24, 2.45) is 5.73 Å². The van der Waals surface area contributed by atoms with E-state index >= 15 is 0 Å². The van der Waals surface area contributed by atoms with Gasteiger partial charge in [0, 0.05) is 18.2 Å². The second-order valence-electron chi connectivity index (χ2n) is 4.10. The van der Waals surface area contributed by atoms with Gasteiger partial charge in [-0.1, -0.05) is 0 Å². The van der Waals surface area contributed by atoms with Gasteiger partial charge in [-0.25, -0.2) is 4.39 Å². The summed E-state index contributed by atoms with van der Waals surface area (Å²) in [6.45, 7) is 4.44. The maximum absolute atomic E-state index is 13.1. The number of rotatable bonds is 7. The van der Waals surface area contributed by atoms with Gasteiger partial charge < -0.3 is 20.3 Å². The molecule has 0 aliphatic rings. The first-order valence-corrected chi connectivity index (χ1v) is 5.98. The van der Waals surface area contributed by atoms with Crippen LogP contribution in [-0.2, 0) is 4.74 Å². The van der Waals surface area contributed by atoms with Crippen LogP contribution in [0.1, 0.15) is 25.5 Å². The minimum atomic E-state index is -0.712. The van der Waals surface area contributed by atoms with Crippen molar-refractivity contribution in [3.8, 4) is 5.75 Å². The third-order valence-corrected chi connectivity index (χ3v) is 2.41. The molecule has 0 fully saturated rings. The molecule has 3 N–H and O–H groups in total. The van der Waals surface area contributed by atoms with E-state index in [1.165, 1.54) is 18.2 Å². The molecule has 4 nitrogen and oxygen atoms in total. The molecule has 102 valence electrons. The lowest BCUT2D eigenvalue weighted by Gasteiger charge is -2.16. The average Bonchev–Trinajstić information content (AvgIpc) is 2.34. The molecular formula is C13H20FNO3. The van der Waals surface area contributed by atoms with Crippen LogP contribution in [0.4, 0.5) is 4.39 Å². The maximum Gasteiger partial charge on any atom is 0.124 e. The molecular weight excluding hydrogens is 237 g/mol. The highest BCUT2D eigenvalue weighted by Gasteiger charge is 2.11. The van der Waals surface area contributed by atoms with Crippen LogP contribution in [0.25, 0.3) is 0 Å². The molecule has 1 aromatic carbocycles. The summed E-state index contributed by atoms with van der Waals surface area (Å²) >= 11 is 0. The summed E-state index contributed by atoms with van der Waals surface area (Å²) in [5.74, 6) is 0.131. The molecule has 0 heterocycles. The highest BCUT2D eigenvalue weighted by molar-refractivity contribution is 5.36. The summed E-state index contributed by atoms with van der Waals surface area (Å²) in [4.78, 5) is 0. The average molecular weight is 257 g/mol. The topological polar surface area (TPSA) is 64.7 Å². The van der Waals surface area contributed by atoms with Crippen LogP contribution in [0, 0.1) is 5.82 Å². The van der Waals surface area contributed by atoms with Gasteiger partial charge in [0.2, 0.25) is 0 Å². The Labute approximate surface area is 107 Å². The summed E-state index contributed by atoms with van der Waals surface area (Å²) in [7, 11) is 0. The Morgan fingerprint density at radius 1 is 1.39 bits per heavy atom. The van der Waals surface area contributed by atoms with Crippen molar-refractivity contribution in [3.63, 3.8) is 0 Å². The van der Waals surface area contributed by atoms with Crippen molar-refractivity contribution in [2.75, 3.05) is 19.8 Å². The Morgan fingerprint density at radius 3 is 2.72 bits per heavy atom. The van der Waals surface area contributed by atoms with E-state index < -0.39 is 6.10 Å². The molecule has 1 aromatic rings. The van der Waals surface area contributed by atoms with Crippen LogP contribution in [0.15, 0.2) is 18.2 Å². The summed E-state index contributed by atoms with van der Waals surface area (Å²) in [6.07, 6.45) is -0.712. The molecule has 0 amide bonds. The van der Waals surface area contributed by atoms with E-state index in [0.717, 1.165) is 0 Å². The number of hydrogen-bond acceptors (Lipinski definition) is 4. The van der Waals surface area contributed by atoms with Crippen molar-refractivity contribution in [3.05, 3.63) is 29.6 Å². The molecule has 0 saturated carbocycles. The van der Waals surface area contributed by atoms with Crippen LogP contribution < -0.4 is 10.5 Å². The van der Waals surface area contributed by atoms with E-state index in [0.29, 0.717) is 17.9 Å². The van der Waals surface area contributed by atoms with Crippen LogP contribution in [0.5, 0.6) is 5.75 Å². The van der Waals surface area contributed by atoms with Crippen LogP contribution in [0.3, 0.4) is 0 Å². The summed E-state index contributed by atoms with van der Waals surface area (Å²) in [6, 6.07) is 3.83. The fourth-order valence-electron chi connectivity index (χ4n) is 1.49. The van der Waals surface area contributed by atoms with Crippen molar-refractivity contribution >= 4 is 0 Å². The molecule has 1 rings (SSSR count). The number of aliphatic hydroxyl groups excluding tert-OH is 1. The molecule has 0 radical (unpaired) electrons. The fourth-order valence-corrected chi connectivity index (χ4v) is 1.49. The Morgan fingerprint density at radius 2 is 2.11 bits per heavy atom. The van der Waals surface area contributed by atoms with Crippen molar-refractivity contribution < 1.29 is 19.0 Å². The monoisotopic (exact) mass is 257 g/mol. The number of nitrogens with two attached hydrogens (primary N) is 1. The SMILES string of the molecule is CCOCC(O)COc1ccc(F)cc1[C@@H](C)N. The minimum Gasteiger partial charge on any atom is -0.490 e. The summed E-state index contributed by atoms with van der Waals surface area (Å²) in [5, 5.41) is 9.57. The molecule has 2 atom stereocenters. The van der Waals surface area contributed by atoms with E-state index in [9.17, 15) is 9.50 Å². The van der Waals surface area contributed by atoms with Crippen LogP contribution >= 0.6 is 0 Å². The highest BCUT2D eigenvalue weighted by Crippen LogP contribution is 2.24. The molecule has 1 unspecified atom stereocenters. The first-order valence-electron chi connectivity index (χ1n) is 5.98. The van der Waals surface area contributed by atoms with E-state index in [-0.39, 0.29) is 25.1 Å². The summed E-state index contributed by atoms with van der Waals surface area (Å²) < 4.78 is 23.6. The van der Waals surface area contributed by atoms with E-state index in [4.69, 9.17) is 15.2 Å². The third-order valence-electron chi connectivity index (χ3n) is 2.41. The first-order chi connectivity index (χ1) is 8.54. The number of hydrogen-bond donors (Lipinski definition) is 2. The van der Waals surface area contributed by atoms with Crippen molar-refractivity contribution in [1.29, 1.82) is 0 Å². The molecule has 0 aliphatic heterocycles. The second-order valence-corrected chi connectivity index (χ2v) is 4.10. The van der Waals surface area contributed by atoms with E-state index in [1.54, 1.807) is 6.92 Å². The Bertz CT molecular complexity index is 371. The van der Waals surface area contributed by atoms with Gasteiger partial charge in [0.1, 0.15) is 24.3 Å². The molecule has 0 saturated heterocycles. The van der Waals surface area contributed by atoms with Gasteiger partial charge in [0.25, 0.3) is 0 Å². The Hall–Kier alpha value is -1.17. The number of ether oxygens (including phenoxy) is 2. The first kappa shape index (κ1) is 14.9. The fraction of sp³-hybridized carbons (Fsp3) is 0.538. The molecule has 0 bridgehead atoms. The molecule has 0 aromatic heterocycles. The molecule has 5 heteroatoms. The largest absolute Gasteiger partial charge is 0.490 e. The number of benzene rings is 1. The quantitative estimate of drug-likeness (QED) is 0.779. The van der Waals surface area contributed by atoms with Crippen LogP contribution in [-0.4, -0.2) is 31.0 Å². The van der Waals surface area contributed by atoms with Gasteiger partial charge in [-0.05, 0) is 32.0 Å². The zero-order chi connectivity index (χ0) is 13.5. The third kappa shape index (κ3) is 4.60. The molecule has 18 heavy (non-hydrogen) atoms. The van der Waals surface area contributed by atoms with Gasteiger partial charge in [-0.3, -0.25) is 0 Å². The van der Waals surface area contributed by atoms with Gasteiger partial charge in [-0.2, -0.15) is 0 Å². The van der Waals surface area contributed by atoms with Gasteiger partial charge in [0.05, 0.1) is 6.61 Å². The van der Waals surface area contributed by atoms with Gasteiger partial charge >= 0.3 is 0 Å². The Balaban J connectivity index is 2.61. The highest BCUT2D eigenvalue weighted by atomic mass is 19.1. The predicted molar refractivity (Wildman–Crippen MR) is 67.0 cm³/mol. The zero-order valence-corrected chi connectivity index (χ0v) is 10.7. The second kappa shape index (κ2) is 7.31. The lowest BCUT2D eigenvalue weighted by molar-refractivity contribution is 0.0162. The minimum absolute atomic E-state index is 0.0886. The van der Waals surface area contributed by atoms with Crippen molar-refractivity contribution in [1.82, 2.24) is 0 Å². The lowest BCUT2D eigenvalue weighted by Crippen LogP contribution is -2.24. The van der Waals surface area contributed by atoms with E-state index in [2.05, 4.69) is 0 Å². The number of halogens is 1. The lowest BCUT2D eigenvalue weighted by atomic mass is 10.1. The standard InChI is InChI=1S/C13H20FNO3/c1-3-17-7-11(16)8-18-13-5-4-10(14)6-12(13)9(2)15/h4-6,9,11,16H,3,7-8,15H2,1-2H3/t9-,11?/m1/s1. The zero-order valence-electron chi connectivity index (χ0n) is 10.7. The van der Waals surface area contributed by atoms with Crippen molar-refractivity contribution in [2.45, 2.75) is 26.0 Å². The van der Waals surface area contributed by atoms with Crippen LogP contribution in [0.2, 0.25) is 0 Å². The molecule has 0 spiro atoms. The predicted octanol–water partition coefficient (Wildman–Crippen LogP) is 1.62.